The second kappa shape index (κ2) is 7.09. The molecule has 0 aliphatic carbocycles. The molecule has 0 spiro atoms. The van der Waals surface area contributed by atoms with Gasteiger partial charge in [0.2, 0.25) is 5.78 Å². The van der Waals surface area contributed by atoms with Gasteiger partial charge in [-0.15, -0.1) is 0 Å². The molecule has 6 nitrogen and oxygen atoms in total. The first-order valence-electron chi connectivity index (χ1n) is 7.53. The maximum atomic E-state index is 12.2. The van der Waals surface area contributed by atoms with Crippen LogP contribution in [0.2, 0.25) is 0 Å². The van der Waals surface area contributed by atoms with Gasteiger partial charge in [-0.05, 0) is 24.3 Å². The molecule has 0 N–H and O–H groups in total. The third kappa shape index (κ3) is 3.47. The highest BCUT2D eigenvalue weighted by atomic mass is 16.5. The highest BCUT2D eigenvalue weighted by Crippen LogP contribution is 2.25. The Hall–Kier alpha value is -3.28. The Kier molecular flexibility index (Phi) is 4.70. The van der Waals surface area contributed by atoms with Gasteiger partial charge in [-0.3, -0.25) is 4.79 Å². The summed E-state index contributed by atoms with van der Waals surface area (Å²) in [5.41, 5.74) is 0.815. The van der Waals surface area contributed by atoms with Crippen molar-refractivity contribution in [2.75, 3.05) is 20.8 Å². The number of ether oxygens (including phenoxy) is 3. The number of ketones is 1. The summed E-state index contributed by atoms with van der Waals surface area (Å²) in [7, 11) is 2.95. The number of esters is 1. The van der Waals surface area contributed by atoms with Crippen molar-refractivity contribution in [3.05, 3.63) is 59.9 Å². The van der Waals surface area contributed by atoms with Gasteiger partial charge in [-0.2, -0.15) is 0 Å². The van der Waals surface area contributed by atoms with E-state index in [1.54, 1.807) is 24.3 Å². The molecule has 6 heteroatoms. The maximum absolute atomic E-state index is 12.2. The Labute approximate surface area is 143 Å². The third-order valence-electron chi connectivity index (χ3n) is 3.66. The summed E-state index contributed by atoms with van der Waals surface area (Å²) in [5, 5.41) is 0.814. The Bertz CT molecular complexity index is 892. The predicted octanol–water partition coefficient (Wildman–Crippen LogP) is 3.49. The van der Waals surface area contributed by atoms with Gasteiger partial charge in [0.15, 0.2) is 12.4 Å². The van der Waals surface area contributed by atoms with Crippen molar-refractivity contribution >= 4 is 22.7 Å². The van der Waals surface area contributed by atoms with E-state index in [0.717, 1.165) is 5.39 Å². The molecular formula is C19H16O6. The molecule has 0 saturated heterocycles. The van der Waals surface area contributed by atoms with Gasteiger partial charge in [-0.1, -0.05) is 18.2 Å². The summed E-state index contributed by atoms with van der Waals surface area (Å²) in [6.45, 7) is -0.423. The summed E-state index contributed by atoms with van der Waals surface area (Å²) in [5.74, 6) is -0.0797. The topological polar surface area (TPSA) is 75.0 Å². The Morgan fingerprint density at radius 1 is 1.00 bits per heavy atom. The minimum Gasteiger partial charge on any atom is -0.497 e. The van der Waals surface area contributed by atoms with Gasteiger partial charge in [0.05, 0.1) is 14.2 Å². The van der Waals surface area contributed by atoms with Crippen molar-refractivity contribution in [3.8, 4) is 11.5 Å². The minimum atomic E-state index is -0.663. The quantitative estimate of drug-likeness (QED) is 0.505. The van der Waals surface area contributed by atoms with Crippen LogP contribution in [0, 0.1) is 0 Å². The molecule has 1 heterocycles. The standard InChI is InChI=1S/C19H16O6/c1-22-13-7-8-14(17(10-13)23-2)19(21)24-11-15(20)18-9-12-5-3-4-6-16(12)25-18/h3-10H,11H2,1-2H3. The smallest absolute Gasteiger partial charge is 0.342 e. The Morgan fingerprint density at radius 2 is 1.80 bits per heavy atom. The van der Waals surface area contributed by atoms with Crippen molar-refractivity contribution in [2.24, 2.45) is 0 Å². The van der Waals surface area contributed by atoms with Crippen LogP contribution in [0.25, 0.3) is 11.0 Å². The number of hydrogen-bond acceptors (Lipinski definition) is 6. The molecule has 0 fully saturated rings. The van der Waals surface area contributed by atoms with E-state index in [1.165, 1.54) is 20.3 Å². The Morgan fingerprint density at radius 3 is 2.52 bits per heavy atom. The molecular weight excluding hydrogens is 324 g/mol. The van der Waals surface area contributed by atoms with Crippen molar-refractivity contribution < 1.29 is 28.2 Å². The number of benzene rings is 2. The van der Waals surface area contributed by atoms with Gasteiger partial charge in [0.25, 0.3) is 0 Å². The Balaban J connectivity index is 1.70. The van der Waals surface area contributed by atoms with Crippen LogP contribution in [0.1, 0.15) is 20.9 Å². The number of carbonyl (C=O) groups excluding carboxylic acids is 2. The van der Waals surface area contributed by atoms with Crippen molar-refractivity contribution in [1.82, 2.24) is 0 Å². The molecule has 25 heavy (non-hydrogen) atoms. The predicted molar refractivity (Wildman–Crippen MR) is 90.4 cm³/mol. The molecule has 0 unspecified atom stereocenters. The lowest BCUT2D eigenvalue weighted by atomic mass is 10.2. The highest BCUT2D eigenvalue weighted by Gasteiger charge is 2.18. The van der Waals surface area contributed by atoms with Crippen LogP contribution in [0.15, 0.2) is 52.9 Å². The average Bonchev–Trinajstić information content (AvgIpc) is 3.09. The van der Waals surface area contributed by atoms with Gasteiger partial charge in [0, 0.05) is 11.5 Å². The second-order valence-electron chi connectivity index (χ2n) is 5.21. The number of carbonyl (C=O) groups is 2. The van der Waals surface area contributed by atoms with Gasteiger partial charge < -0.3 is 18.6 Å². The lowest BCUT2D eigenvalue weighted by molar-refractivity contribution is 0.0465. The van der Waals surface area contributed by atoms with Gasteiger partial charge >= 0.3 is 5.97 Å². The van der Waals surface area contributed by atoms with E-state index in [2.05, 4.69) is 0 Å². The van der Waals surface area contributed by atoms with Crippen LogP contribution in [0.5, 0.6) is 11.5 Å². The number of hydrogen-bond donors (Lipinski definition) is 0. The molecule has 1 aromatic heterocycles. The molecule has 0 saturated carbocycles. The number of rotatable bonds is 6. The first kappa shape index (κ1) is 16.6. The number of fused-ring (bicyclic) bond motifs is 1. The molecule has 0 aliphatic rings. The summed E-state index contributed by atoms with van der Waals surface area (Å²) in [4.78, 5) is 24.4. The van der Waals surface area contributed by atoms with Crippen LogP contribution in [-0.2, 0) is 4.74 Å². The number of para-hydroxylation sites is 1. The summed E-state index contributed by atoms with van der Waals surface area (Å²) in [6, 6.07) is 13.6. The fourth-order valence-electron chi connectivity index (χ4n) is 2.37. The third-order valence-corrected chi connectivity index (χ3v) is 3.66. The van der Waals surface area contributed by atoms with Crippen molar-refractivity contribution in [2.45, 2.75) is 0 Å². The molecule has 0 atom stereocenters. The van der Waals surface area contributed by atoms with Crippen LogP contribution < -0.4 is 9.47 Å². The SMILES string of the molecule is COc1ccc(C(=O)OCC(=O)c2cc3ccccc3o2)c(OC)c1. The monoisotopic (exact) mass is 340 g/mol. The molecule has 0 amide bonds. The fraction of sp³-hybridized carbons (Fsp3) is 0.158. The molecule has 128 valence electrons. The molecule has 3 aromatic rings. The second-order valence-corrected chi connectivity index (χ2v) is 5.21. The van der Waals surface area contributed by atoms with Crippen LogP contribution >= 0.6 is 0 Å². The van der Waals surface area contributed by atoms with Crippen LogP contribution in [-0.4, -0.2) is 32.6 Å². The van der Waals surface area contributed by atoms with E-state index in [4.69, 9.17) is 18.6 Å². The van der Waals surface area contributed by atoms with Crippen LogP contribution in [0.3, 0.4) is 0 Å². The summed E-state index contributed by atoms with van der Waals surface area (Å²) < 4.78 is 20.8. The summed E-state index contributed by atoms with van der Waals surface area (Å²) in [6.07, 6.45) is 0. The zero-order chi connectivity index (χ0) is 17.8. The zero-order valence-corrected chi connectivity index (χ0v) is 13.8. The molecule has 2 aromatic carbocycles. The first-order valence-corrected chi connectivity index (χ1v) is 7.53. The van der Waals surface area contributed by atoms with E-state index in [-0.39, 0.29) is 11.3 Å². The van der Waals surface area contributed by atoms with E-state index in [0.29, 0.717) is 17.1 Å². The number of furan rings is 1. The maximum Gasteiger partial charge on any atom is 0.342 e. The van der Waals surface area contributed by atoms with Crippen molar-refractivity contribution in [1.29, 1.82) is 0 Å². The van der Waals surface area contributed by atoms with Crippen LogP contribution in [0.4, 0.5) is 0 Å². The average molecular weight is 340 g/mol. The molecule has 0 radical (unpaired) electrons. The normalized spacial score (nSPS) is 10.5. The lowest BCUT2D eigenvalue weighted by Gasteiger charge is -2.09. The number of Topliss-reactive ketones (excluding diaryl/α,β-unsaturated/α-hetero) is 1. The number of methoxy groups -OCH3 is 2. The van der Waals surface area contributed by atoms with E-state index in [1.807, 2.05) is 18.2 Å². The zero-order valence-electron chi connectivity index (χ0n) is 13.8. The first-order chi connectivity index (χ1) is 12.1. The molecule has 0 bridgehead atoms. The highest BCUT2D eigenvalue weighted by molar-refractivity contribution is 6.00. The van der Waals surface area contributed by atoms with E-state index in [9.17, 15) is 9.59 Å². The largest absolute Gasteiger partial charge is 0.497 e. The molecule has 3 rings (SSSR count). The molecule has 0 aliphatic heterocycles. The minimum absolute atomic E-state index is 0.149. The van der Waals surface area contributed by atoms with Crippen molar-refractivity contribution in [3.63, 3.8) is 0 Å². The summed E-state index contributed by atoms with van der Waals surface area (Å²) >= 11 is 0. The van der Waals surface area contributed by atoms with E-state index < -0.39 is 18.4 Å². The van der Waals surface area contributed by atoms with Gasteiger partial charge in [0.1, 0.15) is 22.6 Å². The van der Waals surface area contributed by atoms with Gasteiger partial charge in [-0.25, -0.2) is 4.79 Å². The lowest BCUT2D eigenvalue weighted by Crippen LogP contribution is -2.14. The van der Waals surface area contributed by atoms with E-state index >= 15 is 0 Å². The fourth-order valence-corrected chi connectivity index (χ4v) is 2.37.